The molecule has 1 aliphatic rings. The van der Waals surface area contributed by atoms with Gasteiger partial charge in [-0.05, 0) is 47.7 Å². The summed E-state index contributed by atoms with van der Waals surface area (Å²) in [5.74, 6) is 0.657. The van der Waals surface area contributed by atoms with Gasteiger partial charge < -0.3 is 9.47 Å². The Kier molecular flexibility index (Phi) is 7.38. The molecule has 1 aliphatic heterocycles. The number of ether oxygens (including phenoxy) is 2. The number of morpholine rings is 1. The molecular formula is C20H25N3O3S. The highest BCUT2D eigenvalue weighted by atomic mass is 32.1. The van der Waals surface area contributed by atoms with Crippen LogP contribution in [0.25, 0.3) is 0 Å². The van der Waals surface area contributed by atoms with Crippen LogP contribution < -0.4 is 10.2 Å². The van der Waals surface area contributed by atoms with Gasteiger partial charge in [0, 0.05) is 19.6 Å². The van der Waals surface area contributed by atoms with Crippen LogP contribution in [0.15, 0.2) is 46.9 Å². The zero-order valence-electron chi connectivity index (χ0n) is 15.5. The van der Waals surface area contributed by atoms with Crippen LogP contribution in [0.5, 0.6) is 5.75 Å². The fourth-order valence-electron chi connectivity index (χ4n) is 2.79. The molecular weight excluding hydrogens is 362 g/mol. The fourth-order valence-corrected chi connectivity index (χ4v) is 3.40. The third kappa shape index (κ3) is 5.89. The summed E-state index contributed by atoms with van der Waals surface area (Å²) in [5, 5.41) is 6.16. The van der Waals surface area contributed by atoms with Crippen LogP contribution in [-0.2, 0) is 4.74 Å². The van der Waals surface area contributed by atoms with Gasteiger partial charge in [0.2, 0.25) is 0 Å². The first kappa shape index (κ1) is 19.5. The first-order valence-electron chi connectivity index (χ1n) is 9.20. The van der Waals surface area contributed by atoms with Crippen molar-refractivity contribution in [1.29, 1.82) is 0 Å². The van der Waals surface area contributed by atoms with Gasteiger partial charge >= 0.3 is 0 Å². The topological polar surface area (TPSA) is 63.2 Å². The summed E-state index contributed by atoms with van der Waals surface area (Å²) in [7, 11) is 0. The zero-order valence-corrected chi connectivity index (χ0v) is 16.3. The number of thiophene rings is 1. The molecule has 6 nitrogen and oxygen atoms in total. The van der Waals surface area contributed by atoms with E-state index in [1.807, 2.05) is 42.6 Å². The molecule has 1 saturated heterocycles. The number of hydrogen-bond donors (Lipinski definition) is 1. The average Bonchev–Trinajstić information content (AvgIpc) is 3.25. The molecule has 0 atom stereocenters. The van der Waals surface area contributed by atoms with Gasteiger partial charge in [0.05, 0.1) is 23.8 Å². The molecule has 1 amide bonds. The summed E-state index contributed by atoms with van der Waals surface area (Å²) in [6, 6.07) is 11.5. The van der Waals surface area contributed by atoms with Crippen molar-refractivity contribution < 1.29 is 14.3 Å². The molecule has 7 heteroatoms. The van der Waals surface area contributed by atoms with Gasteiger partial charge in [-0.2, -0.15) is 5.10 Å². The Morgan fingerprint density at radius 2 is 2.04 bits per heavy atom. The Labute approximate surface area is 163 Å². The number of amides is 1. The smallest absolute Gasteiger partial charge is 0.281 e. The summed E-state index contributed by atoms with van der Waals surface area (Å²) in [6.45, 7) is 7.12. The fraction of sp³-hybridized carbons (Fsp3) is 0.400. The Balaban J connectivity index is 1.51. The Morgan fingerprint density at radius 3 is 2.70 bits per heavy atom. The molecule has 2 aromatic rings. The molecule has 1 fully saturated rings. The van der Waals surface area contributed by atoms with Crippen molar-refractivity contribution in [2.24, 2.45) is 5.10 Å². The number of hydrazone groups is 1. The maximum absolute atomic E-state index is 12.0. The largest absolute Gasteiger partial charge is 0.492 e. The van der Waals surface area contributed by atoms with Crippen molar-refractivity contribution >= 4 is 23.0 Å². The molecule has 27 heavy (non-hydrogen) atoms. The zero-order chi connectivity index (χ0) is 18.9. The highest BCUT2D eigenvalue weighted by Gasteiger charge is 2.10. The highest BCUT2D eigenvalue weighted by Crippen LogP contribution is 2.14. The van der Waals surface area contributed by atoms with Gasteiger partial charge in [-0.3, -0.25) is 9.69 Å². The molecule has 0 unspecified atom stereocenters. The van der Waals surface area contributed by atoms with Crippen molar-refractivity contribution in [2.45, 2.75) is 13.3 Å². The van der Waals surface area contributed by atoms with E-state index in [0.717, 1.165) is 56.3 Å². The van der Waals surface area contributed by atoms with E-state index in [0.29, 0.717) is 11.5 Å². The van der Waals surface area contributed by atoms with Crippen LogP contribution in [0, 0.1) is 0 Å². The van der Waals surface area contributed by atoms with Crippen molar-refractivity contribution in [3.05, 3.63) is 52.2 Å². The number of rotatable bonds is 8. The first-order chi connectivity index (χ1) is 13.3. The lowest BCUT2D eigenvalue weighted by Crippen LogP contribution is -2.38. The van der Waals surface area contributed by atoms with E-state index >= 15 is 0 Å². The maximum atomic E-state index is 12.0. The van der Waals surface area contributed by atoms with Gasteiger partial charge in [0.25, 0.3) is 5.91 Å². The molecule has 0 radical (unpaired) electrons. The molecule has 0 saturated carbocycles. The highest BCUT2D eigenvalue weighted by molar-refractivity contribution is 7.12. The van der Waals surface area contributed by atoms with Crippen LogP contribution >= 0.6 is 11.3 Å². The van der Waals surface area contributed by atoms with Crippen molar-refractivity contribution in [2.75, 3.05) is 39.5 Å². The van der Waals surface area contributed by atoms with Gasteiger partial charge in [0.15, 0.2) is 0 Å². The van der Waals surface area contributed by atoms with Crippen molar-refractivity contribution in [1.82, 2.24) is 10.3 Å². The van der Waals surface area contributed by atoms with Crippen LogP contribution in [-0.4, -0.2) is 56.0 Å². The molecule has 0 bridgehead atoms. The minimum Gasteiger partial charge on any atom is -0.492 e. The molecule has 144 valence electrons. The number of carbonyl (C=O) groups is 1. The summed E-state index contributed by atoms with van der Waals surface area (Å²) >= 11 is 1.40. The van der Waals surface area contributed by atoms with E-state index in [9.17, 15) is 4.79 Å². The van der Waals surface area contributed by atoms with E-state index in [-0.39, 0.29) is 5.91 Å². The summed E-state index contributed by atoms with van der Waals surface area (Å²) in [5.41, 5.74) is 4.44. The number of nitrogens with one attached hydrogen (secondary N) is 1. The minimum atomic E-state index is -0.181. The lowest BCUT2D eigenvalue weighted by Gasteiger charge is -2.26. The Bertz CT molecular complexity index is 738. The van der Waals surface area contributed by atoms with Crippen LogP contribution in [0.1, 0.15) is 28.6 Å². The molecule has 2 heterocycles. The van der Waals surface area contributed by atoms with Crippen LogP contribution in [0.2, 0.25) is 0 Å². The van der Waals surface area contributed by atoms with E-state index in [4.69, 9.17) is 9.47 Å². The molecule has 0 aliphatic carbocycles. The second kappa shape index (κ2) is 10.2. The van der Waals surface area contributed by atoms with E-state index in [2.05, 4.69) is 15.4 Å². The van der Waals surface area contributed by atoms with E-state index in [1.54, 1.807) is 6.07 Å². The predicted octanol–water partition coefficient (Wildman–Crippen LogP) is 3.00. The number of benzene rings is 1. The monoisotopic (exact) mass is 387 g/mol. The SMILES string of the molecule is CC/C(=N/NC(=O)c1cccs1)c1ccc(OCCN2CCOCC2)cc1. The standard InChI is InChI=1S/C20H25N3O3S/c1-2-18(21-22-20(24)19-4-3-15-27-19)16-5-7-17(8-6-16)26-14-11-23-9-12-25-13-10-23/h3-8,15H,2,9-14H2,1H3,(H,22,24)/b21-18-. The lowest BCUT2D eigenvalue weighted by atomic mass is 10.1. The molecule has 0 spiro atoms. The maximum Gasteiger partial charge on any atom is 0.281 e. The lowest BCUT2D eigenvalue weighted by molar-refractivity contribution is 0.0322. The molecule has 1 aromatic heterocycles. The minimum absolute atomic E-state index is 0.181. The Morgan fingerprint density at radius 1 is 1.26 bits per heavy atom. The van der Waals surface area contributed by atoms with Gasteiger partial charge in [-0.15, -0.1) is 11.3 Å². The summed E-state index contributed by atoms with van der Waals surface area (Å²) < 4.78 is 11.2. The number of nitrogens with zero attached hydrogens (tertiary/aromatic N) is 2. The normalized spacial score (nSPS) is 15.5. The molecule has 3 rings (SSSR count). The van der Waals surface area contributed by atoms with Gasteiger partial charge in [-0.25, -0.2) is 5.43 Å². The number of hydrogen-bond acceptors (Lipinski definition) is 6. The van der Waals surface area contributed by atoms with Crippen molar-refractivity contribution in [3.63, 3.8) is 0 Å². The quantitative estimate of drug-likeness (QED) is 0.559. The molecule has 1 aromatic carbocycles. The second-order valence-corrected chi connectivity index (χ2v) is 7.10. The van der Waals surface area contributed by atoms with E-state index in [1.165, 1.54) is 11.3 Å². The third-order valence-electron chi connectivity index (χ3n) is 4.34. The van der Waals surface area contributed by atoms with Gasteiger partial charge in [0.1, 0.15) is 12.4 Å². The number of carbonyl (C=O) groups excluding carboxylic acids is 1. The second-order valence-electron chi connectivity index (χ2n) is 6.16. The molecule has 1 N–H and O–H groups in total. The third-order valence-corrected chi connectivity index (χ3v) is 5.21. The average molecular weight is 388 g/mol. The first-order valence-corrected chi connectivity index (χ1v) is 10.1. The predicted molar refractivity (Wildman–Crippen MR) is 108 cm³/mol. The Hall–Kier alpha value is -2.22. The van der Waals surface area contributed by atoms with E-state index < -0.39 is 0 Å². The van der Waals surface area contributed by atoms with Crippen LogP contribution in [0.3, 0.4) is 0 Å². The summed E-state index contributed by atoms with van der Waals surface area (Å²) in [4.78, 5) is 15.0. The van der Waals surface area contributed by atoms with Crippen molar-refractivity contribution in [3.8, 4) is 5.75 Å². The van der Waals surface area contributed by atoms with Crippen LogP contribution in [0.4, 0.5) is 0 Å². The van der Waals surface area contributed by atoms with Gasteiger partial charge in [-0.1, -0.05) is 13.0 Å². The summed E-state index contributed by atoms with van der Waals surface area (Å²) in [6.07, 6.45) is 0.724.